The lowest BCUT2D eigenvalue weighted by atomic mass is 9.98. The van der Waals surface area contributed by atoms with Crippen LogP contribution in [0.15, 0.2) is 34.9 Å². The van der Waals surface area contributed by atoms with Gasteiger partial charge in [0.15, 0.2) is 10.6 Å². The minimum absolute atomic E-state index is 0. The highest BCUT2D eigenvalue weighted by atomic mass is 35.5. The first-order valence-electron chi connectivity index (χ1n) is 11.7. The Balaban J connectivity index is 0.00000280. The molecule has 11 heteroatoms. The molecule has 2 aliphatic heterocycles. The largest absolute Gasteiger partial charge is 0.356 e. The van der Waals surface area contributed by atoms with Gasteiger partial charge in [0.2, 0.25) is 0 Å². The molecule has 0 radical (unpaired) electrons. The van der Waals surface area contributed by atoms with Crippen LogP contribution in [0.4, 0.5) is 8.78 Å². The number of nitrogens with two attached hydrogens (primary N) is 1. The standard InChI is InChI=1S/C26H21F2N5O2S.ClH/c1-12-18-9-21(28)19(10-22(18)35-32-12)24-23(13-2-3-14(11-29)20(27)6-13)31-25(36-24)26(34)33-16-4-5-17(33)8-15(30)7-16;/h2-3,6,9-10,15-17H,4-5,7-8,30H2,1H3;1H. The van der Waals surface area contributed by atoms with E-state index in [2.05, 4.69) is 10.1 Å². The Morgan fingerprint density at radius 3 is 2.59 bits per heavy atom. The summed E-state index contributed by atoms with van der Waals surface area (Å²) in [5.41, 5.74) is 7.80. The Morgan fingerprint density at radius 2 is 1.92 bits per heavy atom. The van der Waals surface area contributed by atoms with Crippen LogP contribution in [-0.2, 0) is 0 Å². The number of fused-ring (bicyclic) bond motifs is 3. The molecule has 2 aromatic heterocycles. The van der Waals surface area contributed by atoms with E-state index >= 15 is 4.39 Å². The third-order valence-electron chi connectivity index (χ3n) is 7.16. The molecule has 2 N–H and O–H groups in total. The van der Waals surface area contributed by atoms with Gasteiger partial charge in [0.25, 0.3) is 5.91 Å². The first-order chi connectivity index (χ1) is 17.3. The number of aryl methyl sites for hydroxylation is 1. The number of halogens is 3. The molecule has 1 amide bonds. The summed E-state index contributed by atoms with van der Waals surface area (Å²) in [7, 11) is 0. The van der Waals surface area contributed by atoms with E-state index in [0.29, 0.717) is 27.1 Å². The van der Waals surface area contributed by atoms with Crippen LogP contribution < -0.4 is 5.73 Å². The van der Waals surface area contributed by atoms with Gasteiger partial charge in [0.1, 0.15) is 17.7 Å². The monoisotopic (exact) mass is 541 g/mol. The van der Waals surface area contributed by atoms with Crippen LogP contribution in [0.3, 0.4) is 0 Å². The maximum absolute atomic E-state index is 15.4. The molecule has 2 atom stereocenters. The summed E-state index contributed by atoms with van der Waals surface area (Å²) in [6, 6.07) is 8.93. The second kappa shape index (κ2) is 9.49. The molecule has 2 bridgehead atoms. The lowest BCUT2D eigenvalue weighted by molar-refractivity contribution is 0.0575. The van der Waals surface area contributed by atoms with Crippen LogP contribution in [-0.4, -0.2) is 39.1 Å². The zero-order valence-electron chi connectivity index (χ0n) is 19.7. The van der Waals surface area contributed by atoms with Gasteiger partial charge in [0.05, 0.1) is 21.8 Å². The summed E-state index contributed by atoms with van der Waals surface area (Å²) in [5.74, 6) is -1.47. The van der Waals surface area contributed by atoms with E-state index < -0.39 is 11.6 Å². The number of hydrogen-bond acceptors (Lipinski definition) is 7. The third-order valence-corrected chi connectivity index (χ3v) is 8.24. The van der Waals surface area contributed by atoms with E-state index in [1.165, 1.54) is 24.3 Å². The van der Waals surface area contributed by atoms with Gasteiger partial charge in [-0.15, -0.1) is 23.7 Å². The molecule has 0 aliphatic carbocycles. The van der Waals surface area contributed by atoms with Crippen LogP contribution in [0, 0.1) is 29.9 Å². The normalized spacial score (nSPS) is 20.6. The van der Waals surface area contributed by atoms with E-state index in [9.17, 15) is 9.18 Å². The molecule has 0 saturated carbocycles. The van der Waals surface area contributed by atoms with Crippen molar-refractivity contribution in [3.63, 3.8) is 0 Å². The highest BCUT2D eigenvalue weighted by Gasteiger charge is 2.43. The van der Waals surface area contributed by atoms with Gasteiger partial charge >= 0.3 is 0 Å². The zero-order chi connectivity index (χ0) is 25.1. The van der Waals surface area contributed by atoms with Crippen molar-refractivity contribution in [1.82, 2.24) is 15.0 Å². The summed E-state index contributed by atoms with van der Waals surface area (Å²) in [4.78, 5) is 20.5. The fraction of sp³-hybridized carbons (Fsp3) is 0.308. The molecule has 0 spiro atoms. The predicted octanol–water partition coefficient (Wildman–Crippen LogP) is 5.59. The second-order valence-electron chi connectivity index (χ2n) is 9.43. The molecule has 4 aromatic rings. The van der Waals surface area contributed by atoms with E-state index in [1.54, 1.807) is 19.1 Å². The van der Waals surface area contributed by atoms with Crippen LogP contribution in [0.25, 0.3) is 32.7 Å². The number of piperidine rings is 1. The second-order valence-corrected chi connectivity index (χ2v) is 10.4. The van der Waals surface area contributed by atoms with Crippen molar-refractivity contribution in [2.75, 3.05) is 0 Å². The average molecular weight is 542 g/mol. The smallest absolute Gasteiger partial charge is 0.283 e. The topological polar surface area (TPSA) is 109 Å². The third kappa shape index (κ3) is 4.17. The predicted molar refractivity (Wildman–Crippen MR) is 137 cm³/mol. The lowest BCUT2D eigenvalue weighted by Gasteiger charge is -2.37. The number of nitriles is 1. The average Bonchev–Trinajstić information content (AvgIpc) is 3.53. The maximum atomic E-state index is 15.4. The molecule has 190 valence electrons. The van der Waals surface area contributed by atoms with Crippen LogP contribution in [0.1, 0.15) is 46.7 Å². The Morgan fingerprint density at radius 1 is 1.19 bits per heavy atom. The fourth-order valence-corrected chi connectivity index (χ4v) is 6.51. The number of thiazole rings is 1. The zero-order valence-corrected chi connectivity index (χ0v) is 21.3. The molecular formula is C26H22ClF2N5O2S. The van der Waals surface area contributed by atoms with Gasteiger partial charge < -0.3 is 15.2 Å². The number of benzene rings is 2. The number of carbonyl (C=O) groups is 1. The number of aromatic nitrogens is 2. The summed E-state index contributed by atoms with van der Waals surface area (Å²) < 4.78 is 35.3. The Kier molecular flexibility index (Phi) is 6.48. The number of amides is 1. The Bertz CT molecular complexity index is 1570. The Hall–Kier alpha value is -3.39. The molecule has 7 nitrogen and oxygen atoms in total. The van der Waals surface area contributed by atoms with Crippen LogP contribution in [0.5, 0.6) is 0 Å². The van der Waals surface area contributed by atoms with E-state index in [-0.39, 0.29) is 58.3 Å². The minimum atomic E-state index is -0.716. The van der Waals surface area contributed by atoms with Gasteiger partial charge in [-0.3, -0.25) is 4.79 Å². The fourth-order valence-electron chi connectivity index (χ4n) is 5.46. The first-order valence-corrected chi connectivity index (χ1v) is 12.5. The van der Waals surface area contributed by atoms with Crippen molar-refractivity contribution in [3.8, 4) is 27.8 Å². The number of rotatable bonds is 3. The summed E-state index contributed by atoms with van der Waals surface area (Å²) in [6.07, 6.45) is 3.27. The van der Waals surface area contributed by atoms with Crippen molar-refractivity contribution < 1.29 is 18.1 Å². The number of nitrogens with zero attached hydrogens (tertiary/aromatic N) is 4. The van der Waals surface area contributed by atoms with Crippen molar-refractivity contribution in [2.45, 2.75) is 50.7 Å². The molecule has 2 saturated heterocycles. The van der Waals surface area contributed by atoms with Gasteiger partial charge in [0, 0.05) is 34.6 Å². The summed E-state index contributed by atoms with van der Waals surface area (Å²) in [5, 5.41) is 13.8. The molecule has 2 unspecified atom stereocenters. The van der Waals surface area contributed by atoms with Gasteiger partial charge in [-0.1, -0.05) is 11.2 Å². The highest BCUT2D eigenvalue weighted by molar-refractivity contribution is 7.17. The van der Waals surface area contributed by atoms with Crippen molar-refractivity contribution >= 4 is 40.6 Å². The SMILES string of the molecule is Cc1noc2cc(-c3sc(C(=O)N4C5CCC4CC(N)C5)nc3-c3ccc(C#N)c(F)c3)c(F)cc12.Cl. The summed E-state index contributed by atoms with van der Waals surface area (Å²) in [6.45, 7) is 1.72. The van der Waals surface area contributed by atoms with Crippen LogP contribution >= 0.6 is 23.7 Å². The molecule has 4 heterocycles. The number of carbonyl (C=O) groups excluding carboxylic acids is 1. The van der Waals surface area contributed by atoms with E-state index in [1.807, 2.05) is 4.90 Å². The molecule has 2 fully saturated rings. The molecule has 2 aromatic carbocycles. The van der Waals surface area contributed by atoms with Gasteiger partial charge in [-0.25, -0.2) is 13.8 Å². The lowest BCUT2D eigenvalue weighted by Crippen LogP contribution is -2.50. The quantitative estimate of drug-likeness (QED) is 0.362. The summed E-state index contributed by atoms with van der Waals surface area (Å²) >= 11 is 1.06. The first kappa shape index (κ1) is 25.3. The van der Waals surface area contributed by atoms with Gasteiger partial charge in [-0.05, 0) is 56.9 Å². The van der Waals surface area contributed by atoms with Crippen molar-refractivity contribution in [2.24, 2.45) is 5.73 Å². The van der Waals surface area contributed by atoms with E-state index in [4.69, 9.17) is 15.5 Å². The molecule has 6 rings (SSSR count). The Labute approximate surface area is 221 Å². The number of hydrogen-bond donors (Lipinski definition) is 1. The molecule has 37 heavy (non-hydrogen) atoms. The highest BCUT2D eigenvalue weighted by Crippen LogP contribution is 2.42. The molecular weight excluding hydrogens is 520 g/mol. The van der Waals surface area contributed by atoms with Crippen molar-refractivity contribution in [3.05, 3.63) is 58.2 Å². The maximum Gasteiger partial charge on any atom is 0.283 e. The minimum Gasteiger partial charge on any atom is -0.356 e. The van der Waals surface area contributed by atoms with Crippen LogP contribution in [0.2, 0.25) is 0 Å². The van der Waals surface area contributed by atoms with E-state index in [0.717, 1.165) is 37.0 Å². The van der Waals surface area contributed by atoms with Gasteiger partial charge in [-0.2, -0.15) is 5.26 Å². The molecule has 2 aliphatic rings. The van der Waals surface area contributed by atoms with Crippen molar-refractivity contribution in [1.29, 1.82) is 5.26 Å².